The van der Waals surface area contributed by atoms with Crippen LogP contribution in [0.25, 0.3) is 0 Å². The molecule has 0 saturated carbocycles. The van der Waals surface area contributed by atoms with Crippen molar-refractivity contribution in [3.05, 3.63) is 0 Å². The van der Waals surface area contributed by atoms with Gasteiger partial charge in [0.25, 0.3) is 0 Å². The van der Waals surface area contributed by atoms with Crippen molar-refractivity contribution in [2.45, 2.75) is 6.42 Å². The van der Waals surface area contributed by atoms with Gasteiger partial charge in [-0.3, -0.25) is 36.7 Å². The van der Waals surface area contributed by atoms with Crippen LogP contribution in [0.3, 0.4) is 0 Å². The van der Waals surface area contributed by atoms with Gasteiger partial charge in [-0.25, -0.2) is 9.13 Å². The van der Waals surface area contributed by atoms with Crippen LogP contribution in [-0.2, 0) is 55.3 Å². The minimum atomic E-state index is -3.44. The zero-order chi connectivity index (χ0) is 19.2. The second kappa shape index (κ2) is 6.89. The highest BCUT2D eigenvalue weighted by molar-refractivity contribution is 7.48. The van der Waals surface area contributed by atoms with E-state index in [0.717, 1.165) is 0 Å². The number of phosphoric acid groups is 2. The van der Waals surface area contributed by atoms with Crippen LogP contribution in [0.2, 0.25) is 0 Å². The van der Waals surface area contributed by atoms with E-state index < -0.39 is 44.8 Å². The fourth-order valence-electron chi connectivity index (χ4n) is 2.71. The number of rotatable bonds is 6. The van der Waals surface area contributed by atoms with Crippen LogP contribution in [-0.4, -0.2) is 64.8 Å². The number of carbonyl (C=O) groups excluding carboxylic acids is 2. The lowest BCUT2D eigenvalue weighted by Gasteiger charge is -2.43. The number of hydrogen-bond donors (Lipinski definition) is 0. The van der Waals surface area contributed by atoms with Gasteiger partial charge < -0.3 is 9.47 Å². The van der Waals surface area contributed by atoms with Gasteiger partial charge in [-0.15, -0.1) is 0 Å². The lowest BCUT2D eigenvalue weighted by atomic mass is 9.92. The topological polar surface area (TPSA) is 142 Å². The highest BCUT2D eigenvalue weighted by Gasteiger charge is 2.52. The molecule has 4 bridgehead atoms. The molecule has 6 rings (SSSR count). The van der Waals surface area contributed by atoms with Crippen molar-refractivity contribution in [3.63, 3.8) is 0 Å². The molecule has 12 nitrogen and oxygen atoms in total. The summed E-state index contributed by atoms with van der Waals surface area (Å²) in [5, 5.41) is 0. The van der Waals surface area contributed by atoms with Crippen molar-refractivity contribution < 1.29 is 55.3 Å². The highest BCUT2D eigenvalue weighted by Crippen LogP contribution is 2.60. The largest absolute Gasteiger partial charge is 0.474 e. The lowest BCUT2D eigenvalue weighted by molar-refractivity contribution is -0.169. The summed E-state index contributed by atoms with van der Waals surface area (Å²) in [5.41, 5.74) is -1.48. The third kappa shape index (κ3) is 4.13. The fourth-order valence-corrected chi connectivity index (χ4v) is 5.75. The van der Waals surface area contributed by atoms with Gasteiger partial charge in [-0.2, -0.15) is 0 Å². The van der Waals surface area contributed by atoms with Crippen LogP contribution in [0.1, 0.15) is 6.42 Å². The minimum absolute atomic E-state index is 0.0778. The van der Waals surface area contributed by atoms with Crippen LogP contribution in [0.4, 0.5) is 0 Å². The summed E-state index contributed by atoms with van der Waals surface area (Å²) in [6.45, 7) is 0.260. The SMILES string of the molecule is O=C(CC(=O)OCC12COP(=O)(OC1)OC2)OCC12COP(=O)(OC1)OC2. The van der Waals surface area contributed by atoms with Gasteiger partial charge >= 0.3 is 27.6 Å². The number of phosphoric ester groups is 2. The fraction of sp³-hybridized carbons (Fsp3) is 0.846. The average Bonchev–Trinajstić information content (AvgIpc) is 2.67. The Bertz CT molecular complexity index is 612. The Kier molecular flexibility index (Phi) is 4.97. The summed E-state index contributed by atoms with van der Waals surface area (Å²) in [7, 11) is -6.87. The predicted octanol–water partition coefficient (Wildman–Crippen LogP) is 0.806. The lowest BCUT2D eigenvalue weighted by Crippen LogP contribution is -2.48. The van der Waals surface area contributed by atoms with Crippen LogP contribution >= 0.6 is 15.6 Å². The Morgan fingerprint density at radius 1 is 0.667 bits per heavy atom. The van der Waals surface area contributed by atoms with Crippen LogP contribution in [0.5, 0.6) is 0 Å². The van der Waals surface area contributed by atoms with E-state index in [1.807, 2.05) is 0 Å². The highest BCUT2D eigenvalue weighted by atomic mass is 31.2. The molecule has 6 fully saturated rings. The number of fused-ring (bicyclic) bond motifs is 6. The van der Waals surface area contributed by atoms with Crippen molar-refractivity contribution in [2.24, 2.45) is 10.8 Å². The quantitative estimate of drug-likeness (QED) is 0.335. The van der Waals surface area contributed by atoms with E-state index >= 15 is 0 Å². The Labute approximate surface area is 153 Å². The Balaban J connectivity index is 1.19. The number of hydrogen-bond acceptors (Lipinski definition) is 12. The zero-order valence-electron chi connectivity index (χ0n) is 14.2. The molecule has 0 aliphatic carbocycles. The first kappa shape index (κ1) is 19.5. The molecule has 0 aromatic rings. The monoisotopic (exact) mass is 428 g/mol. The van der Waals surface area contributed by atoms with E-state index in [-0.39, 0.29) is 52.9 Å². The predicted molar refractivity (Wildman–Crippen MR) is 82.3 cm³/mol. The molecule has 6 saturated heterocycles. The summed E-state index contributed by atoms with van der Waals surface area (Å²) < 4.78 is 63.5. The molecule has 152 valence electrons. The van der Waals surface area contributed by atoms with Crippen molar-refractivity contribution in [1.82, 2.24) is 0 Å². The molecule has 0 N–H and O–H groups in total. The molecule has 0 amide bonds. The molecule has 0 aromatic heterocycles. The third-order valence-electron chi connectivity index (χ3n) is 4.54. The Morgan fingerprint density at radius 2 is 0.963 bits per heavy atom. The first-order valence-electron chi connectivity index (χ1n) is 8.12. The van der Waals surface area contributed by atoms with Crippen molar-refractivity contribution in [2.75, 3.05) is 52.9 Å². The smallest absolute Gasteiger partial charge is 0.464 e. The summed E-state index contributed by atoms with van der Waals surface area (Å²) in [4.78, 5) is 23.7. The first-order chi connectivity index (χ1) is 12.7. The molecular formula is C13H18O12P2. The van der Waals surface area contributed by atoms with E-state index in [9.17, 15) is 18.7 Å². The molecular weight excluding hydrogens is 410 g/mol. The normalized spacial score (nSPS) is 42.7. The van der Waals surface area contributed by atoms with E-state index in [0.29, 0.717) is 0 Å². The maximum Gasteiger partial charge on any atom is 0.474 e. The molecule has 0 atom stereocenters. The summed E-state index contributed by atoms with van der Waals surface area (Å²) in [5.74, 6) is -1.57. The maximum atomic E-state index is 11.9. The maximum absolute atomic E-state index is 11.9. The average molecular weight is 428 g/mol. The molecule has 0 unspecified atom stereocenters. The summed E-state index contributed by atoms with van der Waals surface area (Å²) >= 11 is 0. The van der Waals surface area contributed by atoms with E-state index in [1.54, 1.807) is 0 Å². The third-order valence-corrected chi connectivity index (χ3v) is 7.21. The second-order valence-corrected chi connectivity index (χ2v) is 10.4. The number of carbonyl (C=O) groups is 2. The van der Waals surface area contributed by atoms with E-state index in [2.05, 4.69) is 0 Å². The van der Waals surface area contributed by atoms with Crippen LogP contribution in [0.15, 0.2) is 0 Å². The summed E-state index contributed by atoms with van der Waals surface area (Å²) in [6.07, 6.45) is -0.589. The molecule has 0 aromatic carbocycles. The molecule has 27 heavy (non-hydrogen) atoms. The summed E-state index contributed by atoms with van der Waals surface area (Å²) in [6, 6.07) is 0. The van der Waals surface area contributed by atoms with Crippen LogP contribution < -0.4 is 0 Å². The van der Waals surface area contributed by atoms with Gasteiger partial charge in [-0.1, -0.05) is 0 Å². The van der Waals surface area contributed by atoms with Gasteiger partial charge in [-0.05, 0) is 0 Å². The first-order valence-corrected chi connectivity index (χ1v) is 11.0. The van der Waals surface area contributed by atoms with Crippen molar-refractivity contribution in [3.8, 4) is 0 Å². The van der Waals surface area contributed by atoms with Crippen molar-refractivity contribution >= 4 is 27.6 Å². The Hall–Kier alpha value is -0.840. The molecule has 6 aliphatic heterocycles. The van der Waals surface area contributed by atoms with E-state index in [4.69, 9.17) is 36.6 Å². The van der Waals surface area contributed by atoms with Gasteiger partial charge in [0.05, 0.1) is 50.5 Å². The van der Waals surface area contributed by atoms with Crippen molar-refractivity contribution in [1.29, 1.82) is 0 Å². The second-order valence-electron chi connectivity index (χ2n) is 7.03. The minimum Gasteiger partial charge on any atom is -0.464 e. The molecule has 6 heterocycles. The molecule has 6 aliphatic rings. The van der Waals surface area contributed by atoms with Crippen LogP contribution in [0, 0.1) is 10.8 Å². The molecule has 0 spiro atoms. The number of ether oxygens (including phenoxy) is 2. The van der Waals surface area contributed by atoms with Gasteiger partial charge in [0, 0.05) is 0 Å². The standard InChI is InChI=1S/C13H18O12P2/c14-10(18-2-12-4-20-26(16,21-5-12)22-6-12)1-11(15)19-3-13-7-23-27(17,24-8-13)25-9-13/h1-9H2. The van der Waals surface area contributed by atoms with Gasteiger partial charge in [0.2, 0.25) is 0 Å². The molecule has 14 heteroatoms. The number of esters is 2. The molecule has 0 radical (unpaired) electrons. The van der Waals surface area contributed by atoms with Gasteiger partial charge in [0.1, 0.15) is 19.6 Å². The zero-order valence-corrected chi connectivity index (χ0v) is 15.9. The van der Waals surface area contributed by atoms with E-state index in [1.165, 1.54) is 0 Å². The Morgan fingerprint density at radius 3 is 1.26 bits per heavy atom. The van der Waals surface area contributed by atoms with Gasteiger partial charge in [0.15, 0.2) is 0 Å².